The van der Waals surface area contributed by atoms with Crippen LogP contribution in [0.4, 0.5) is 8.78 Å². The number of halogens is 2. The zero-order valence-corrected chi connectivity index (χ0v) is 20.0. The van der Waals surface area contributed by atoms with Crippen LogP contribution in [0.15, 0.2) is 48.7 Å². The van der Waals surface area contributed by atoms with E-state index in [0.717, 1.165) is 5.39 Å². The van der Waals surface area contributed by atoms with Gasteiger partial charge in [-0.15, -0.1) is 0 Å². The molecule has 0 radical (unpaired) electrons. The number of amides is 2. The maximum absolute atomic E-state index is 15.4. The van der Waals surface area contributed by atoms with Crippen molar-refractivity contribution in [3.05, 3.63) is 65.9 Å². The predicted molar refractivity (Wildman–Crippen MR) is 131 cm³/mol. The maximum Gasteiger partial charge on any atom is 0.248 e. The summed E-state index contributed by atoms with van der Waals surface area (Å²) in [4.78, 5) is 32.2. The summed E-state index contributed by atoms with van der Waals surface area (Å²) in [6.45, 7) is 3.70. The van der Waals surface area contributed by atoms with Crippen LogP contribution in [-0.4, -0.2) is 65.0 Å². The number of fused-ring (bicyclic) bond motifs is 1. The quantitative estimate of drug-likeness (QED) is 0.587. The number of rotatable bonds is 5. The van der Waals surface area contributed by atoms with Crippen LogP contribution in [0.1, 0.15) is 31.4 Å². The van der Waals surface area contributed by atoms with Gasteiger partial charge in [-0.1, -0.05) is 18.2 Å². The maximum atomic E-state index is 15.4. The highest BCUT2D eigenvalue weighted by molar-refractivity contribution is 5.85. The zero-order chi connectivity index (χ0) is 25.4. The van der Waals surface area contributed by atoms with Crippen LogP contribution < -0.4 is 5.73 Å². The van der Waals surface area contributed by atoms with E-state index < -0.39 is 29.2 Å². The molecule has 1 spiro atoms. The van der Waals surface area contributed by atoms with Crippen LogP contribution in [0, 0.1) is 11.6 Å². The molecular formula is C27H28F2N4O3. The molecule has 7 nitrogen and oxygen atoms in total. The molecule has 2 aliphatic rings. The van der Waals surface area contributed by atoms with E-state index in [0.29, 0.717) is 55.7 Å². The van der Waals surface area contributed by atoms with Gasteiger partial charge in [0.15, 0.2) is 0 Å². The minimum atomic E-state index is -1.25. The van der Waals surface area contributed by atoms with E-state index in [4.69, 9.17) is 10.5 Å². The van der Waals surface area contributed by atoms with E-state index >= 15 is 8.78 Å². The van der Waals surface area contributed by atoms with Crippen LogP contribution in [-0.2, 0) is 14.3 Å². The van der Waals surface area contributed by atoms with Crippen LogP contribution in [0.5, 0.6) is 0 Å². The van der Waals surface area contributed by atoms with Gasteiger partial charge in [0, 0.05) is 37.8 Å². The van der Waals surface area contributed by atoms with E-state index in [1.54, 1.807) is 28.1 Å². The van der Waals surface area contributed by atoms with Crippen molar-refractivity contribution in [3.63, 3.8) is 0 Å². The van der Waals surface area contributed by atoms with E-state index in [2.05, 4.69) is 4.98 Å². The number of nitrogens with two attached hydrogens (primary N) is 1. The molecule has 1 atom stereocenters. The van der Waals surface area contributed by atoms with Crippen molar-refractivity contribution < 1.29 is 23.1 Å². The lowest BCUT2D eigenvalue weighted by atomic mass is 9.87. The number of hydrogen-bond donors (Lipinski definition) is 1. The molecular weight excluding hydrogens is 466 g/mol. The highest BCUT2D eigenvalue weighted by atomic mass is 19.1. The summed E-state index contributed by atoms with van der Waals surface area (Å²) in [5.74, 6) is -2.52. The van der Waals surface area contributed by atoms with Gasteiger partial charge < -0.3 is 15.4 Å². The number of aromatic nitrogens is 1. The molecule has 2 saturated heterocycles. The molecule has 0 aliphatic carbocycles. The summed E-state index contributed by atoms with van der Waals surface area (Å²) in [6, 6.07) is 10.3. The van der Waals surface area contributed by atoms with E-state index in [1.165, 1.54) is 12.1 Å². The molecule has 0 bridgehead atoms. The van der Waals surface area contributed by atoms with Gasteiger partial charge in [-0.3, -0.25) is 19.5 Å². The lowest BCUT2D eigenvalue weighted by Crippen LogP contribution is -2.59. The minimum Gasteiger partial charge on any atom is -0.368 e. The molecule has 1 unspecified atom stereocenters. The highest BCUT2D eigenvalue weighted by Gasteiger charge is 2.44. The van der Waals surface area contributed by atoms with Crippen molar-refractivity contribution in [2.24, 2.45) is 5.73 Å². The van der Waals surface area contributed by atoms with E-state index in [1.807, 2.05) is 25.1 Å². The average Bonchev–Trinajstić information content (AvgIpc) is 2.88. The molecule has 36 heavy (non-hydrogen) atoms. The van der Waals surface area contributed by atoms with Gasteiger partial charge >= 0.3 is 0 Å². The number of benzene rings is 2. The van der Waals surface area contributed by atoms with Gasteiger partial charge in [-0.25, -0.2) is 8.78 Å². The largest absolute Gasteiger partial charge is 0.368 e. The van der Waals surface area contributed by atoms with Gasteiger partial charge in [0.1, 0.15) is 24.3 Å². The summed E-state index contributed by atoms with van der Waals surface area (Å²) in [7, 11) is 0. The number of carbonyl (C=O) groups is 2. The Hall–Kier alpha value is -3.43. The standard InChI is InChI=1S/C27H28F2N4O3/c1-2-32-16-27(36-15-23(32)34)7-10-33(11-8-27)25(26(30)35)24-20(28)12-19(13-21(24)29)18-6-5-17-4-3-9-31-22(17)14-18/h3-6,9,12-14,25H,2,7-8,10-11,15-16H2,1H3,(H2,30,35). The Morgan fingerprint density at radius 1 is 1.14 bits per heavy atom. The summed E-state index contributed by atoms with van der Waals surface area (Å²) < 4.78 is 36.7. The van der Waals surface area contributed by atoms with Crippen LogP contribution in [0.25, 0.3) is 22.0 Å². The van der Waals surface area contributed by atoms with E-state index in [-0.39, 0.29) is 18.1 Å². The third-order valence-corrected chi connectivity index (χ3v) is 7.35. The molecule has 1 aromatic heterocycles. The van der Waals surface area contributed by atoms with Crippen molar-refractivity contribution in [1.29, 1.82) is 0 Å². The summed E-state index contributed by atoms with van der Waals surface area (Å²) in [5.41, 5.74) is 6.48. The Morgan fingerprint density at radius 2 is 1.86 bits per heavy atom. The summed E-state index contributed by atoms with van der Waals surface area (Å²) in [5, 5.41) is 0.920. The highest BCUT2D eigenvalue weighted by Crippen LogP contribution is 2.36. The number of morpholine rings is 1. The van der Waals surface area contributed by atoms with E-state index in [9.17, 15) is 9.59 Å². The first-order valence-corrected chi connectivity index (χ1v) is 12.1. The molecule has 2 fully saturated rings. The van der Waals surface area contributed by atoms with Crippen molar-refractivity contribution >= 4 is 22.7 Å². The van der Waals surface area contributed by atoms with Crippen molar-refractivity contribution in [2.75, 3.05) is 32.8 Å². The number of hydrogen-bond acceptors (Lipinski definition) is 5. The fourth-order valence-electron chi connectivity index (χ4n) is 5.33. The lowest BCUT2D eigenvalue weighted by molar-refractivity contribution is -0.172. The molecule has 5 rings (SSSR count). The van der Waals surface area contributed by atoms with Crippen molar-refractivity contribution in [2.45, 2.75) is 31.4 Å². The Bertz CT molecular complexity index is 1300. The van der Waals surface area contributed by atoms with Gasteiger partial charge in [0.2, 0.25) is 11.8 Å². The fourth-order valence-corrected chi connectivity index (χ4v) is 5.33. The summed E-state index contributed by atoms with van der Waals surface area (Å²) in [6.07, 6.45) is 2.70. The molecule has 2 aliphatic heterocycles. The second-order valence-corrected chi connectivity index (χ2v) is 9.48. The van der Waals surface area contributed by atoms with Crippen LogP contribution in [0.3, 0.4) is 0 Å². The average molecular weight is 495 g/mol. The SMILES string of the molecule is CCN1CC2(CCN(C(C(N)=O)c3c(F)cc(-c4ccc5cccnc5c4)cc3F)CC2)OCC1=O. The van der Waals surface area contributed by atoms with Gasteiger partial charge in [0.25, 0.3) is 0 Å². The molecule has 9 heteroatoms. The number of likely N-dealkylation sites (N-methyl/N-ethyl adjacent to an activating group) is 1. The zero-order valence-electron chi connectivity index (χ0n) is 20.0. The van der Waals surface area contributed by atoms with Crippen LogP contribution in [0.2, 0.25) is 0 Å². The summed E-state index contributed by atoms with van der Waals surface area (Å²) >= 11 is 0. The second kappa shape index (κ2) is 9.55. The molecule has 2 N–H and O–H groups in total. The Labute approximate surface area is 207 Å². The smallest absolute Gasteiger partial charge is 0.248 e. The van der Waals surface area contributed by atoms with Crippen LogP contribution >= 0.6 is 0 Å². The monoisotopic (exact) mass is 494 g/mol. The normalized spacial score (nSPS) is 19.1. The second-order valence-electron chi connectivity index (χ2n) is 9.48. The molecule has 188 valence electrons. The first kappa shape index (κ1) is 24.3. The molecule has 3 aromatic rings. The Kier molecular flexibility index (Phi) is 6.44. The first-order valence-electron chi connectivity index (χ1n) is 12.1. The number of pyridine rings is 1. The Morgan fingerprint density at radius 3 is 2.53 bits per heavy atom. The van der Waals surface area contributed by atoms with Gasteiger partial charge in [-0.2, -0.15) is 0 Å². The third kappa shape index (κ3) is 4.44. The molecule has 2 amide bonds. The number of carbonyl (C=O) groups excluding carboxylic acids is 2. The van der Waals surface area contributed by atoms with Crippen molar-refractivity contribution in [3.8, 4) is 11.1 Å². The van der Waals surface area contributed by atoms with Crippen molar-refractivity contribution in [1.82, 2.24) is 14.8 Å². The molecule has 2 aromatic carbocycles. The third-order valence-electron chi connectivity index (χ3n) is 7.35. The number of primary amides is 1. The number of likely N-dealkylation sites (tertiary alicyclic amines) is 1. The molecule has 3 heterocycles. The number of piperidine rings is 1. The minimum absolute atomic E-state index is 0.0160. The number of ether oxygens (including phenoxy) is 1. The van der Waals surface area contributed by atoms with Gasteiger partial charge in [0.05, 0.1) is 16.7 Å². The fraction of sp³-hybridized carbons (Fsp3) is 0.370. The topological polar surface area (TPSA) is 88.8 Å². The Balaban J connectivity index is 1.40. The first-order chi connectivity index (χ1) is 17.3. The number of nitrogens with zero attached hydrogens (tertiary/aromatic N) is 3. The molecule has 0 saturated carbocycles. The predicted octanol–water partition coefficient (Wildman–Crippen LogP) is 3.42. The lowest BCUT2D eigenvalue weighted by Gasteiger charge is -2.48. The van der Waals surface area contributed by atoms with Gasteiger partial charge in [-0.05, 0) is 55.2 Å².